The minimum absolute atomic E-state index is 0.209. The zero-order chi connectivity index (χ0) is 19.2. The van der Waals surface area contributed by atoms with E-state index in [2.05, 4.69) is 10.2 Å². The van der Waals surface area contributed by atoms with Gasteiger partial charge in [-0.05, 0) is 12.1 Å². The molecule has 134 valence electrons. The van der Waals surface area contributed by atoms with Gasteiger partial charge in [-0.3, -0.25) is 9.59 Å². The van der Waals surface area contributed by atoms with Gasteiger partial charge in [0.05, 0.1) is 10.0 Å². The molecule has 0 heterocycles. The Labute approximate surface area is 166 Å². The van der Waals surface area contributed by atoms with E-state index in [-0.39, 0.29) is 10.7 Å². The Balaban J connectivity index is 1.99. The summed E-state index contributed by atoms with van der Waals surface area (Å²) in [6, 6.07) is 20.6. The van der Waals surface area contributed by atoms with Crippen molar-refractivity contribution in [3.8, 4) is 0 Å². The van der Waals surface area contributed by atoms with E-state index in [1.807, 2.05) is 0 Å². The predicted octanol–water partition coefficient (Wildman–Crippen LogP) is 6.21. The van der Waals surface area contributed by atoms with E-state index < -0.39 is 17.6 Å². The second-order valence-electron chi connectivity index (χ2n) is 5.65. The Morgan fingerprint density at radius 3 is 1.74 bits per heavy atom. The second-order valence-corrected chi connectivity index (χ2v) is 6.44. The number of rotatable bonds is 6. The van der Waals surface area contributed by atoms with E-state index in [1.54, 1.807) is 78.9 Å². The summed E-state index contributed by atoms with van der Waals surface area (Å²) in [6.07, 6.45) is 0. The van der Waals surface area contributed by atoms with Crippen LogP contribution in [0.1, 0.15) is 20.7 Å². The molecule has 0 aliphatic carbocycles. The number of hydrogen-bond donors (Lipinski definition) is 0. The molecular weight excluding hydrogens is 383 g/mol. The van der Waals surface area contributed by atoms with Gasteiger partial charge in [-0.1, -0.05) is 89.9 Å². The Kier molecular flexibility index (Phi) is 6.12. The molecule has 3 aromatic carbocycles. The van der Waals surface area contributed by atoms with Gasteiger partial charge in [-0.25, -0.2) is 0 Å². The van der Waals surface area contributed by atoms with Crippen LogP contribution in [0.25, 0.3) is 0 Å². The normalized spacial score (nSPS) is 11.1. The average molecular weight is 397 g/mol. The molecule has 0 atom stereocenters. The number of carbonyl (C=O) groups excluding carboxylic acids is 2. The van der Waals surface area contributed by atoms with Crippen LogP contribution in [0, 0.1) is 0 Å². The summed E-state index contributed by atoms with van der Waals surface area (Å²) < 4.78 is 0. The first-order valence-corrected chi connectivity index (χ1v) is 8.87. The van der Waals surface area contributed by atoms with Crippen LogP contribution in [0.2, 0.25) is 10.0 Å². The van der Waals surface area contributed by atoms with Gasteiger partial charge in [0.25, 0.3) is 0 Å². The minimum atomic E-state index is -1.31. The predicted molar refractivity (Wildman–Crippen MR) is 106 cm³/mol. The Bertz CT molecular complexity index is 938. The van der Waals surface area contributed by atoms with Crippen molar-refractivity contribution in [1.82, 2.24) is 0 Å². The standard InChI is InChI=1S/C21H14Cl2N2O2/c22-16-12-7-13-17(18(16)23)24-25-19(20(26)14-8-3-1-4-9-14)21(27)15-10-5-2-6-11-15/h1-13,19H. The molecular formula is C21H14Cl2N2O2. The molecule has 0 radical (unpaired) electrons. The summed E-state index contributed by atoms with van der Waals surface area (Å²) in [4.78, 5) is 25.8. The number of carbonyl (C=O) groups is 2. The first-order valence-electron chi connectivity index (χ1n) is 8.11. The lowest BCUT2D eigenvalue weighted by Crippen LogP contribution is -2.28. The smallest absolute Gasteiger partial charge is 0.197 e. The fraction of sp³-hybridized carbons (Fsp3) is 0.0476. The lowest BCUT2D eigenvalue weighted by Gasteiger charge is -2.10. The molecule has 27 heavy (non-hydrogen) atoms. The maximum atomic E-state index is 12.9. The number of nitrogens with zero attached hydrogens (tertiary/aromatic N) is 2. The van der Waals surface area contributed by atoms with Crippen molar-refractivity contribution in [1.29, 1.82) is 0 Å². The highest BCUT2D eigenvalue weighted by molar-refractivity contribution is 6.43. The number of hydrogen-bond acceptors (Lipinski definition) is 4. The highest BCUT2D eigenvalue weighted by Crippen LogP contribution is 2.32. The molecule has 0 aliphatic heterocycles. The van der Waals surface area contributed by atoms with Crippen LogP contribution >= 0.6 is 23.2 Å². The topological polar surface area (TPSA) is 58.9 Å². The highest BCUT2D eigenvalue weighted by atomic mass is 35.5. The van der Waals surface area contributed by atoms with E-state index >= 15 is 0 Å². The quantitative estimate of drug-likeness (QED) is 0.282. The number of Topliss-reactive ketones (excluding diaryl/α,β-unsaturated/α-hetero) is 2. The SMILES string of the molecule is O=C(c1ccccc1)C(N=Nc1cccc(Cl)c1Cl)C(=O)c1ccccc1. The molecule has 3 aromatic rings. The Hall–Kier alpha value is -2.82. The molecule has 0 saturated carbocycles. The fourth-order valence-electron chi connectivity index (χ4n) is 2.43. The van der Waals surface area contributed by atoms with Crippen LogP contribution in [0.3, 0.4) is 0 Å². The van der Waals surface area contributed by atoms with E-state index in [9.17, 15) is 9.59 Å². The summed E-state index contributed by atoms with van der Waals surface area (Å²) in [7, 11) is 0. The third-order valence-corrected chi connectivity index (χ3v) is 4.63. The van der Waals surface area contributed by atoms with Crippen LogP contribution in [0.15, 0.2) is 89.1 Å². The van der Waals surface area contributed by atoms with Gasteiger partial charge in [0.2, 0.25) is 0 Å². The molecule has 0 bridgehead atoms. The molecule has 0 unspecified atom stereocenters. The molecule has 0 saturated heterocycles. The molecule has 0 N–H and O–H groups in total. The fourth-order valence-corrected chi connectivity index (χ4v) is 2.77. The van der Waals surface area contributed by atoms with Crippen LogP contribution < -0.4 is 0 Å². The largest absolute Gasteiger partial charge is 0.291 e. The van der Waals surface area contributed by atoms with Crippen molar-refractivity contribution in [3.63, 3.8) is 0 Å². The molecule has 3 rings (SSSR count). The molecule has 4 nitrogen and oxygen atoms in total. The average Bonchev–Trinajstić information content (AvgIpc) is 2.72. The summed E-state index contributed by atoms with van der Waals surface area (Å²) >= 11 is 12.1. The van der Waals surface area contributed by atoms with Crippen LogP contribution in [0.5, 0.6) is 0 Å². The van der Waals surface area contributed by atoms with Crippen molar-refractivity contribution in [2.24, 2.45) is 10.2 Å². The third kappa shape index (κ3) is 4.48. The highest BCUT2D eigenvalue weighted by Gasteiger charge is 2.28. The number of azo groups is 1. The molecule has 0 amide bonds. The Morgan fingerprint density at radius 2 is 1.22 bits per heavy atom. The zero-order valence-electron chi connectivity index (χ0n) is 14.0. The third-order valence-electron chi connectivity index (χ3n) is 3.83. The maximum absolute atomic E-state index is 12.9. The number of halogens is 2. The van der Waals surface area contributed by atoms with Crippen LogP contribution in [0.4, 0.5) is 5.69 Å². The van der Waals surface area contributed by atoms with E-state index in [4.69, 9.17) is 23.2 Å². The number of ketones is 2. The van der Waals surface area contributed by atoms with E-state index in [0.29, 0.717) is 16.1 Å². The maximum Gasteiger partial charge on any atom is 0.197 e. The Morgan fingerprint density at radius 1 is 0.704 bits per heavy atom. The van der Waals surface area contributed by atoms with Crippen molar-refractivity contribution in [2.45, 2.75) is 6.04 Å². The van der Waals surface area contributed by atoms with Crippen LogP contribution in [-0.4, -0.2) is 17.6 Å². The minimum Gasteiger partial charge on any atom is -0.291 e. The molecule has 0 aliphatic rings. The van der Waals surface area contributed by atoms with Gasteiger partial charge in [-0.15, -0.1) is 0 Å². The van der Waals surface area contributed by atoms with Gasteiger partial charge >= 0.3 is 0 Å². The van der Waals surface area contributed by atoms with Gasteiger partial charge in [0.1, 0.15) is 5.69 Å². The number of benzene rings is 3. The van der Waals surface area contributed by atoms with Crippen molar-refractivity contribution >= 4 is 40.5 Å². The summed E-state index contributed by atoms with van der Waals surface area (Å²) in [5.41, 5.74) is 1.04. The molecule has 0 spiro atoms. The lowest BCUT2D eigenvalue weighted by molar-refractivity contribution is 0.0861. The summed E-state index contributed by atoms with van der Waals surface area (Å²) in [5.74, 6) is -0.877. The van der Waals surface area contributed by atoms with Gasteiger partial charge in [0.15, 0.2) is 17.6 Å². The molecule has 0 fully saturated rings. The summed E-state index contributed by atoms with van der Waals surface area (Å²) in [5, 5.41) is 8.58. The first kappa shape index (κ1) is 19.0. The first-order chi connectivity index (χ1) is 13.1. The summed E-state index contributed by atoms with van der Waals surface area (Å²) in [6.45, 7) is 0. The van der Waals surface area contributed by atoms with Crippen molar-refractivity contribution < 1.29 is 9.59 Å². The lowest BCUT2D eigenvalue weighted by atomic mass is 9.97. The van der Waals surface area contributed by atoms with E-state index in [1.165, 1.54) is 0 Å². The molecule has 0 aromatic heterocycles. The second kappa shape index (κ2) is 8.71. The van der Waals surface area contributed by atoms with Crippen molar-refractivity contribution in [2.75, 3.05) is 0 Å². The zero-order valence-corrected chi connectivity index (χ0v) is 15.6. The van der Waals surface area contributed by atoms with Crippen molar-refractivity contribution in [3.05, 3.63) is 100 Å². The van der Waals surface area contributed by atoms with Gasteiger partial charge in [-0.2, -0.15) is 10.2 Å². The van der Waals surface area contributed by atoms with Gasteiger partial charge in [0, 0.05) is 11.1 Å². The molecule has 6 heteroatoms. The van der Waals surface area contributed by atoms with Crippen LogP contribution in [-0.2, 0) is 0 Å². The monoisotopic (exact) mass is 396 g/mol. The van der Waals surface area contributed by atoms with Gasteiger partial charge < -0.3 is 0 Å². The van der Waals surface area contributed by atoms with E-state index in [0.717, 1.165) is 0 Å².